The van der Waals surface area contributed by atoms with Gasteiger partial charge in [-0.2, -0.15) is 0 Å². The average molecular weight is 342 g/mol. The van der Waals surface area contributed by atoms with Crippen LogP contribution >= 0.6 is 35.0 Å². The Morgan fingerprint density at radius 2 is 1.86 bits per heavy atom. The highest BCUT2D eigenvalue weighted by Gasteiger charge is 2.11. The van der Waals surface area contributed by atoms with Crippen LogP contribution in [-0.4, -0.2) is 18.2 Å². The van der Waals surface area contributed by atoms with Gasteiger partial charge in [0.15, 0.2) is 11.5 Å². The molecule has 3 rings (SSSR count). The molecule has 0 saturated heterocycles. The van der Waals surface area contributed by atoms with E-state index in [-0.39, 0.29) is 0 Å². The summed E-state index contributed by atoms with van der Waals surface area (Å²) < 4.78 is 11.3. The van der Waals surface area contributed by atoms with Crippen molar-refractivity contribution in [3.63, 3.8) is 0 Å². The van der Waals surface area contributed by atoms with Gasteiger partial charge in [-0.1, -0.05) is 23.2 Å². The maximum Gasteiger partial charge on any atom is 0.162 e. The van der Waals surface area contributed by atoms with Gasteiger partial charge in [0.2, 0.25) is 0 Å². The summed E-state index contributed by atoms with van der Waals surface area (Å²) in [7, 11) is 0. The summed E-state index contributed by atoms with van der Waals surface area (Å²) in [5, 5.41) is 1.08. The number of hydrogen-bond donors (Lipinski definition) is 0. The van der Waals surface area contributed by atoms with Crippen LogP contribution in [0.25, 0.3) is 0 Å². The highest BCUT2D eigenvalue weighted by atomic mass is 35.5. The minimum absolute atomic E-state index is 0.452. The number of thioether (sulfide) groups is 1. The van der Waals surface area contributed by atoms with Crippen molar-refractivity contribution in [3.8, 4) is 11.5 Å². The molecule has 0 fully saturated rings. The molecule has 1 aromatic carbocycles. The molecule has 0 bridgehead atoms. The van der Waals surface area contributed by atoms with Crippen LogP contribution in [0.4, 0.5) is 0 Å². The zero-order chi connectivity index (χ0) is 14.7. The summed E-state index contributed by atoms with van der Waals surface area (Å²) in [6.07, 6.45) is 0.902. The lowest BCUT2D eigenvalue weighted by Crippen LogP contribution is -1.97. The number of rotatable bonds is 3. The highest BCUT2D eigenvalue weighted by molar-refractivity contribution is 7.98. The molecule has 2 aromatic rings. The first-order chi connectivity index (χ1) is 10.2. The Balaban J connectivity index is 1.73. The van der Waals surface area contributed by atoms with E-state index in [2.05, 4.69) is 4.98 Å². The van der Waals surface area contributed by atoms with Gasteiger partial charge in [-0.05, 0) is 30.3 Å². The third kappa shape index (κ3) is 3.76. The quantitative estimate of drug-likeness (QED) is 0.590. The molecule has 1 aliphatic heterocycles. The predicted octanol–water partition coefficient (Wildman–Crippen LogP) is 4.84. The number of pyridine rings is 1. The lowest BCUT2D eigenvalue weighted by Gasteiger charge is -2.09. The zero-order valence-corrected chi connectivity index (χ0v) is 13.5. The van der Waals surface area contributed by atoms with Crippen LogP contribution in [0, 0.1) is 0 Å². The standard InChI is InChI=1S/C15H13Cl2NO2S/c16-11-3-5-15(17)18-12(11)9-21-10-2-4-13-14(8-10)20-7-1-6-19-13/h2-5,8H,1,6-7,9H2. The van der Waals surface area contributed by atoms with E-state index in [1.54, 1.807) is 23.9 Å². The van der Waals surface area contributed by atoms with Crippen LogP contribution < -0.4 is 9.47 Å². The molecule has 0 spiro atoms. The third-order valence-electron chi connectivity index (χ3n) is 2.98. The first-order valence-corrected chi connectivity index (χ1v) is 8.30. The average Bonchev–Trinajstić information content (AvgIpc) is 2.73. The van der Waals surface area contributed by atoms with Crippen molar-refractivity contribution >= 4 is 35.0 Å². The Morgan fingerprint density at radius 3 is 2.71 bits per heavy atom. The highest BCUT2D eigenvalue weighted by Crippen LogP contribution is 2.35. The summed E-state index contributed by atoms with van der Waals surface area (Å²) >= 11 is 13.7. The Labute approximate surface area is 137 Å². The molecule has 21 heavy (non-hydrogen) atoms. The van der Waals surface area contributed by atoms with Crippen molar-refractivity contribution < 1.29 is 9.47 Å². The van der Waals surface area contributed by atoms with Crippen molar-refractivity contribution in [1.82, 2.24) is 4.98 Å². The monoisotopic (exact) mass is 341 g/mol. The Morgan fingerprint density at radius 1 is 1.05 bits per heavy atom. The number of aromatic nitrogens is 1. The van der Waals surface area contributed by atoms with Crippen LogP contribution in [-0.2, 0) is 5.75 Å². The van der Waals surface area contributed by atoms with Gasteiger partial charge >= 0.3 is 0 Å². The topological polar surface area (TPSA) is 31.4 Å². The van der Waals surface area contributed by atoms with Gasteiger partial charge < -0.3 is 9.47 Å². The minimum Gasteiger partial charge on any atom is -0.490 e. The lowest BCUT2D eigenvalue weighted by atomic mass is 10.3. The summed E-state index contributed by atoms with van der Waals surface area (Å²) in [4.78, 5) is 5.33. The molecule has 1 aromatic heterocycles. The maximum absolute atomic E-state index is 6.12. The molecule has 1 aliphatic rings. The molecule has 2 heterocycles. The molecule has 6 heteroatoms. The van der Waals surface area contributed by atoms with Crippen molar-refractivity contribution in [2.45, 2.75) is 17.1 Å². The van der Waals surface area contributed by atoms with Gasteiger partial charge in [0.25, 0.3) is 0 Å². The maximum atomic E-state index is 6.12. The number of ether oxygens (including phenoxy) is 2. The zero-order valence-electron chi connectivity index (χ0n) is 11.1. The van der Waals surface area contributed by atoms with Gasteiger partial charge in [0, 0.05) is 17.1 Å². The predicted molar refractivity (Wildman–Crippen MR) is 85.9 cm³/mol. The molecule has 110 valence electrons. The molecule has 0 amide bonds. The summed E-state index contributed by atoms with van der Waals surface area (Å²) in [5.41, 5.74) is 0.779. The fraction of sp³-hybridized carbons (Fsp3) is 0.267. The van der Waals surface area contributed by atoms with Crippen LogP contribution in [0.15, 0.2) is 35.2 Å². The van der Waals surface area contributed by atoms with Gasteiger partial charge in [0.1, 0.15) is 5.15 Å². The van der Waals surface area contributed by atoms with E-state index in [0.717, 1.165) is 28.5 Å². The Hall–Kier alpha value is -1.10. The van der Waals surface area contributed by atoms with Crippen molar-refractivity contribution in [1.29, 1.82) is 0 Å². The third-order valence-corrected chi connectivity index (χ3v) is 4.54. The molecule has 0 N–H and O–H groups in total. The van der Waals surface area contributed by atoms with E-state index in [9.17, 15) is 0 Å². The smallest absolute Gasteiger partial charge is 0.162 e. The van der Waals surface area contributed by atoms with E-state index in [4.69, 9.17) is 32.7 Å². The minimum atomic E-state index is 0.452. The molecule has 3 nitrogen and oxygen atoms in total. The number of hydrogen-bond acceptors (Lipinski definition) is 4. The van der Waals surface area contributed by atoms with E-state index in [1.807, 2.05) is 18.2 Å². The molecule has 0 aliphatic carbocycles. The number of halogens is 2. The molecule has 0 unspecified atom stereocenters. The van der Waals surface area contributed by atoms with Crippen molar-refractivity contribution in [2.75, 3.05) is 13.2 Å². The number of fused-ring (bicyclic) bond motifs is 1. The molecule has 0 saturated carbocycles. The Kier molecular flexibility index (Phi) is 4.78. The second kappa shape index (κ2) is 6.77. The molecule has 0 radical (unpaired) electrons. The lowest BCUT2D eigenvalue weighted by molar-refractivity contribution is 0.297. The van der Waals surface area contributed by atoms with Crippen LogP contribution in [0.2, 0.25) is 10.2 Å². The van der Waals surface area contributed by atoms with E-state index < -0.39 is 0 Å². The normalized spacial score (nSPS) is 13.8. The van der Waals surface area contributed by atoms with E-state index in [0.29, 0.717) is 29.1 Å². The van der Waals surface area contributed by atoms with Gasteiger partial charge in [0.05, 0.1) is 23.9 Å². The number of benzene rings is 1. The first kappa shape index (κ1) is 14.8. The molecular weight excluding hydrogens is 329 g/mol. The second-order valence-electron chi connectivity index (χ2n) is 4.51. The summed E-state index contributed by atoms with van der Waals surface area (Å²) in [5.74, 6) is 2.25. The SMILES string of the molecule is Clc1ccc(Cl)c(CSc2ccc3c(c2)OCCCO3)n1. The van der Waals surface area contributed by atoms with Crippen LogP contribution in [0.5, 0.6) is 11.5 Å². The fourth-order valence-corrected chi connectivity index (χ4v) is 3.24. The van der Waals surface area contributed by atoms with E-state index >= 15 is 0 Å². The summed E-state index contributed by atoms with van der Waals surface area (Å²) in [6.45, 7) is 1.38. The second-order valence-corrected chi connectivity index (χ2v) is 6.35. The van der Waals surface area contributed by atoms with Gasteiger partial charge in [-0.3, -0.25) is 0 Å². The van der Waals surface area contributed by atoms with Gasteiger partial charge in [-0.25, -0.2) is 4.98 Å². The summed E-state index contributed by atoms with van der Waals surface area (Å²) in [6, 6.07) is 9.39. The van der Waals surface area contributed by atoms with Crippen molar-refractivity contribution in [2.24, 2.45) is 0 Å². The van der Waals surface area contributed by atoms with Crippen LogP contribution in [0.3, 0.4) is 0 Å². The van der Waals surface area contributed by atoms with E-state index in [1.165, 1.54) is 0 Å². The fourth-order valence-electron chi connectivity index (χ4n) is 1.94. The Bertz CT molecular complexity index is 652. The first-order valence-electron chi connectivity index (χ1n) is 6.56. The number of nitrogens with zero attached hydrogens (tertiary/aromatic N) is 1. The van der Waals surface area contributed by atoms with Gasteiger partial charge in [-0.15, -0.1) is 11.8 Å². The molecule has 0 atom stereocenters. The van der Waals surface area contributed by atoms with Crippen LogP contribution in [0.1, 0.15) is 12.1 Å². The largest absolute Gasteiger partial charge is 0.490 e. The molecular formula is C15H13Cl2NO2S. The van der Waals surface area contributed by atoms with Crippen molar-refractivity contribution in [3.05, 3.63) is 46.2 Å².